The zero-order valence-corrected chi connectivity index (χ0v) is 14.4. The van der Waals surface area contributed by atoms with Gasteiger partial charge in [0.1, 0.15) is 17.1 Å². The molecule has 6 nitrogen and oxygen atoms in total. The number of ether oxygens (including phenoxy) is 3. The van der Waals surface area contributed by atoms with Crippen LogP contribution in [-0.2, 0) is 16.1 Å². The van der Waals surface area contributed by atoms with Crippen molar-refractivity contribution >= 4 is 11.9 Å². The standard InChI is InChI=1S/C19H21NO5/c1-13(25-15-7-5-4-6-8-15)18(21)20-12-14-9-10-17(23-2)16(11-14)19(22)24-3/h4-11,13H,12H2,1-3H3,(H,20,21). The van der Waals surface area contributed by atoms with Gasteiger partial charge in [0, 0.05) is 6.54 Å². The van der Waals surface area contributed by atoms with Crippen LogP contribution in [-0.4, -0.2) is 32.2 Å². The Kier molecular flexibility index (Phi) is 6.39. The molecule has 0 saturated heterocycles. The Morgan fingerprint density at radius 2 is 1.80 bits per heavy atom. The lowest BCUT2D eigenvalue weighted by Crippen LogP contribution is -2.35. The lowest BCUT2D eigenvalue weighted by Gasteiger charge is -2.15. The molecule has 0 bridgehead atoms. The van der Waals surface area contributed by atoms with Crippen molar-refractivity contribution in [1.29, 1.82) is 0 Å². The van der Waals surface area contributed by atoms with E-state index in [0.29, 0.717) is 17.1 Å². The molecule has 0 radical (unpaired) electrons. The van der Waals surface area contributed by atoms with E-state index in [4.69, 9.17) is 14.2 Å². The van der Waals surface area contributed by atoms with E-state index >= 15 is 0 Å². The lowest BCUT2D eigenvalue weighted by atomic mass is 10.1. The highest BCUT2D eigenvalue weighted by Gasteiger charge is 2.16. The zero-order valence-electron chi connectivity index (χ0n) is 14.4. The Hall–Kier alpha value is -3.02. The third-order valence-corrected chi connectivity index (χ3v) is 3.56. The maximum Gasteiger partial charge on any atom is 0.341 e. The van der Waals surface area contributed by atoms with E-state index in [2.05, 4.69) is 5.32 Å². The van der Waals surface area contributed by atoms with Crippen LogP contribution in [0, 0.1) is 0 Å². The number of rotatable bonds is 7. The summed E-state index contributed by atoms with van der Waals surface area (Å²) in [5, 5.41) is 2.78. The molecular weight excluding hydrogens is 322 g/mol. The summed E-state index contributed by atoms with van der Waals surface area (Å²) in [6.07, 6.45) is -0.638. The molecule has 0 aliphatic carbocycles. The van der Waals surface area contributed by atoms with Crippen molar-refractivity contribution < 1.29 is 23.8 Å². The number of carbonyl (C=O) groups is 2. The molecule has 1 amide bonds. The average Bonchev–Trinajstić information content (AvgIpc) is 2.65. The van der Waals surface area contributed by atoms with Gasteiger partial charge in [-0.15, -0.1) is 0 Å². The summed E-state index contributed by atoms with van der Waals surface area (Å²) in [5.74, 6) is 0.301. The molecule has 132 valence electrons. The molecule has 25 heavy (non-hydrogen) atoms. The summed E-state index contributed by atoms with van der Waals surface area (Å²) in [6, 6.07) is 14.2. The van der Waals surface area contributed by atoms with Gasteiger partial charge in [-0.3, -0.25) is 4.79 Å². The Labute approximate surface area is 146 Å². The Balaban J connectivity index is 1.98. The van der Waals surface area contributed by atoms with Gasteiger partial charge in [-0.25, -0.2) is 4.79 Å². The first kappa shape index (κ1) is 18.3. The summed E-state index contributed by atoms with van der Waals surface area (Å²) in [7, 11) is 2.78. The van der Waals surface area contributed by atoms with Gasteiger partial charge in [-0.2, -0.15) is 0 Å². The molecule has 2 rings (SSSR count). The van der Waals surface area contributed by atoms with Crippen molar-refractivity contribution in [2.75, 3.05) is 14.2 Å². The molecular formula is C19H21NO5. The highest BCUT2D eigenvalue weighted by molar-refractivity contribution is 5.92. The van der Waals surface area contributed by atoms with E-state index in [1.54, 1.807) is 37.3 Å². The fourth-order valence-corrected chi connectivity index (χ4v) is 2.22. The minimum atomic E-state index is -0.638. The molecule has 0 spiro atoms. The monoisotopic (exact) mass is 343 g/mol. The number of methoxy groups -OCH3 is 2. The number of esters is 1. The molecule has 6 heteroatoms. The van der Waals surface area contributed by atoms with Crippen molar-refractivity contribution in [3.63, 3.8) is 0 Å². The number of benzene rings is 2. The summed E-state index contributed by atoms with van der Waals surface area (Å²) in [6.45, 7) is 1.94. The van der Waals surface area contributed by atoms with E-state index in [1.165, 1.54) is 14.2 Å². The predicted octanol–water partition coefficient (Wildman–Crippen LogP) is 2.57. The van der Waals surface area contributed by atoms with Crippen LogP contribution in [0.15, 0.2) is 48.5 Å². The van der Waals surface area contributed by atoms with Gasteiger partial charge >= 0.3 is 5.97 Å². The molecule has 1 atom stereocenters. The molecule has 0 heterocycles. The smallest absolute Gasteiger partial charge is 0.341 e. The van der Waals surface area contributed by atoms with E-state index in [9.17, 15) is 9.59 Å². The number of carbonyl (C=O) groups excluding carboxylic acids is 2. The van der Waals surface area contributed by atoms with E-state index in [0.717, 1.165) is 5.56 Å². The Bertz CT molecular complexity index is 730. The quantitative estimate of drug-likeness (QED) is 0.782. The first-order valence-corrected chi connectivity index (χ1v) is 7.79. The van der Waals surface area contributed by atoms with Crippen molar-refractivity contribution in [3.05, 3.63) is 59.7 Å². The van der Waals surface area contributed by atoms with Gasteiger partial charge in [0.15, 0.2) is 6.10 Å². The van der Waals surface area contributed by atoms with Crippen LogP contribution < -0.4 is 14.8 Å². The van der Waals surface area contributed by atoms with Crippen molar-refractivity contribution in [2.45, 2.75) is 19.6 Å². The minimum absolute atomic E-state index is 0.251. The van der Waals surface area contributed by atoms with Crippen LogP contribution in [0.3, 0.4) is 0 Å². The molecule has 2 aromatic rings. The van der Waals surface area contributed by atoms with Crippen molar-refractivity contribution in [2.24, 2.45) is 0 Å². The van der Waals surface area contributed by atoms with Crippen molar-refractivity contribution in [3.8, 4) is 11.5 Å². The number of hydrogen-bond acceptors (Lipinski definition) is 5. The zero-order chi connectivity index (χ0) is 18.2. The Morgan fingerprint density at radius 1 is 1.08 bits per heavy atom. The average molecular weight is 343 g/mol. The van der Waals surface area contributed by atoms with E-state index in [-0.39, 0.29) is 12.5 Å². The highest BCUT2D eigenvalue weighted by atomic mass is 16.5. The topological polar surface area (TPSA) is 73.9 Å². The predicted molar refractivity (Wildman–Crippen MR) is 92.7 cm³/mol. The second-order valence-corrected chi connectivity index (χ2v) is 5.32. The minimum Gasteiger partial charge on any atom is -0.496 e. The molecule has 2 aromatic carbocycles. The van der Waals surface area contributed by atoms with Crippen LogP contribution in [0.4, 0.5) is 0 Å². The Morgan fingerprint density at radius 3 is 2.44 bits per heavy atom. The fraction of sp³-hybridized carbons (Fsp3) is 0.263. The van der Waals surface area contributed by atoms with Crippen LogP contribution >= 0.6 is 0 Å². The van der Waals surface area contributed by atoms with Crippen LogP contribution in [0.1, 0.15) is 22.8 Å². The SMILES string of the molecule is COC(=O)c1cc(CNC(=O)C(C)Oc2ccccc2)ccc1OC. The van der Waals surface area contributed by atoms with Crippen LogP contribution in [0.2, 0.25) is 0 Å². The molecule has 0 fully saturated rings. The number of nitrogens with one attached hydrogen (secondary N) is 1. The molecule has 1 N–H and O–H groups in total. The molecule has 0 aliphatic heterocycles. The number of amides is 1. The number of para-hydroxylation sites is 1. The second kappa shape index (κ2) is 8.73. The van der Waals surface area contributed by atoms with Gasteiger partial charge in [-0.1, -0.05) is 24.3 Å². The second-order valence-electron chi connectivity index (χ2n) is 5.32. The van der Waals surface area contributed by atoms with Crippen LogP contribution in [0.25, 0.3) is 0 Å². The summed E-state index contributed by atoms with van der Waals surface area (Å²) < 4.78 is 15.5. The van der Waals surface area contributed by atoms with Crippen LogP contribution in [0.5, 0.6) is 11.5 Å². The highest BCUT2D eigenvalue weighted by Crippen LogP contribution is 2.20. The molecule has 0 saturated carbocycles. The van der Waals surface area contributed by atoms with Gasteiger partial charge < -0.3 is 19.5 Å². The first-order valence-electron chi connectivity index (χ1n) is 7.79. The third-order valence-electron chi connectivity index (χ3n) is 3.56. The summed E-state index contributed by atoms with van der Waals surface area (Å²) >= 11 is 0. The summed E-state index contributed by atoms with van der Waals surface area (Å²) in [5.41, 5.74) is 1.06. The maximum absolute atomic E-state index is 12.2. The number of hydrogen-bond donors (Lipinski definition) is 1. The van der Waals surface area contributed by atoms with Gasteiger partial charge in [0.05, 0.1) is 14.2 Å². The fourth-order valence-electron chi connectivity index (χ4n) is 2.22. The summed E-state index contributed by atoms with van der Waals surface area (Å²) in [4.78, 5) is 24.0. The molecule has 0 aromatic heterocycles. The van der Waals surface area contributed by atoms with Gasteiger partial charge in [0.25, 0.3) is 5.91 Å². The first-order chi connectivity index (χ1) is 12.0. The normalized spacial score (nSPS) is 11.3. The van der Waals surface area contributed by atoms with E-state index < -0.39 is 12.1 Å². The van der Waals surface area contributed by atoms with Gasteiger partial charge in [-0.05, 0) is 36.8 Å². The largest absolute Gasteiger partial charge is 0.496 e. The molecule has 0 aliphatic rings. The van der Waals surface area contributed by atoms with Gasteiger partial charge in [0.2, 0.25) is 0 Å². The lowest BCUT2D eigenvalue weighted by molar-refractivity contribution is -0.127. The van der Waals surface area contributed by atoms with Crippen molar-refractivity contribution in [1.82, 2.24) is 5.32 Å². The maximum atomic E-state index is 12.2. The van der Waals surface area contributed by atoms with E-state index in [1.807, 2.05) is 18.2 Å². The third kappa shape index (κ3) is 4.97. The molecule has 1 unspecified atom stereocenters.